The minimum Gasteiger partial charge on any atom is -0.314 e. The van der Waals surface area contributed by atoms with E-state index in [0.717, 1.165) is 38.2 Å². The number of nitro benzene ring substituents is 1. The SMILES string of the molecule is CCC(C)[C@@H](c1ccccc1[N+](=O)[O-])N1CCNCC1.Cl.Cl. The Labute approximate surface area is 144 Å². The third-order valence-electron chi connectivity index (χ3n) is 4.18. The molecule has 1 N–H and O–H groups in total. The van der Waals surface area contributed by atoms with Crippen molar-refractivity contribution in [1.82, 2.24) is 10.2 Å². The molecule has 5 nitrogen and oxygen atoms in total. The largest absolute Gasteiger partial charge is 0.314 e. The third kappa shape index (κ3) is 4.81. The molecule has 1 aromatic rings. The maximum Gasteiger partial charge on any atom is 0.274 e. The molecule has 22 heavy (non-hydrogen) atoms. The monoisotopic (exact) mass is 349 g/mol. The molecule has 1 unspecified atom stereocenters. The highest BCUT2D eigenvalue weighted by atomic mass is 35.5. The molecule has 7 heteroatoms. The molecule has 0 spiro atoms. The van der Waals surface area contributed by atoms with Crippen LogP contribution < -0.4 is 5.32 Å². The van der Waals surface area contributed by atoms with Gasteiger partial charge in [-0.05, 0) is 5.92 Å². The fourth-order valence-electron chi connectivity index (χ4n) is 2.95. The predicted molar refractivity (Wildman–Crippen MR) is 94.2 cm³/mol. The molecule has 0 radical (unpaired) electrons. The molecule has 2 atom stereocenters. The lowest BCUT2D eigenvalue weighted by atomic mass is 9.89. The number of rotatable bonds is 5. The number of halogens is 2. The first-order valence-corrected chi connectivity index (χ1v) is 7.33. The number of hydrogen-bond acceptors (Lipinski definition) is 4. The van der Waals surface area contributed by atoms with Crippen molar-refractivity contribution < 1.29 is 4.92 Å². The van der Waals surface area contributed by atoms with Gasteiger partial charge < -0.3 is 5.32 Å². The molecule has 1 aromatic carbocycles. The highest BCUT2D eigenvalue weighted by molar-refractivity contribution is 5.85. The lowest BCUT2D eigenvalue weighted by molar-refractivity contribution is -0.386. The van der Waals surface area contributed by atoms with Crippen molar-refractivity contribution in [1.29, 1.82) is 0 Å². The standard InChI is InChI=1S/C15H23N3O2.2ClH/c1-3-12(2)15(17-10-8-16-9-11-17)13-6-4-5-7-14(13)18(19)20;;/h4-7,12,15-16H,3,8-11H2,1-2H3;2*1H/t12?,15-;;/m0../s1. The molecule has 1 aliphatic heterocycles. The van der Waals surface area contributed by atoms with Gasteiger partial charge >= 0.3 is 0 Å². The van der Waals surface area contributed by atoms with Crippen LogP contribution in [0.5, 0.6) is 0 Å². The Kier molecular flexibility index (Phi) is 9.60. The van der Waals surface area contributed by atoms with Crippen LogP contribution in [0.4, 0.5) is 5.69 Å². The number of nitro groups is 1. The summed E-state index contributed by atoms with van der Waals surface area (Å²) in [5, 5.41) is 14.6. The summed E-state index contributed by atoms with van der Waals surface area (Å²) in [4.78, 5) is 13.4. The summed E-state index contributed by atoms with van der Waals surface area (Å²) in [6.45, 7) is 8.13. The van der Waals surface area contributed by atoms with Crippen molar-refractivity contribution in [2.75, 3.05) is 26.2 Å². The molecule has 0 amide bonds. The molecule has 1 fully saturated rings. The Bertz CT molecular complexity index is 468. The molecule has 0 saturated carbocycles. The maximum absolute atomic E-state index is 11.3. The van der Waals surface area contributed by atoms with Gasteiger partial charge in [0.05, 0.1) is 4.92 Å². The van der Waals surface area contributed by atoms with Gasteiger partial charge in [0.1, 0.15) is 0 Å². The van der Waals surface area contributed by atoms with Gasteiger partial charge in [0.2, 0.25) is 0 Å². The molecular formula is C15H25Cl2N3O2. The number of piperazine rings is 1. The highest BCUT2D eigenvalue weighted by Crippen LogP contribution is 2.36. The molecule has 1 aliphatic rings. The molecule has 126 valence electrons. The molecule has 2 rings (SSSR count). The third-order valence-corrected chi connectivity index (χ3v) is 4.18. The van der Waals surface area contributed by atoms with Crippen LogP contribution in [-0.4, -0.2) is 36.0 Å². The van der Waals surface area contributed by atoms with Crippen molar-refractivity contribution in [3.63, 3.8) is 0 Å². The van der Waals surface area contributed by atoms with Crippen LogP contribution in [0.25, 0.3) is 0 Å². The van der Waals surface area contributed by atoms with Gasteiger partial charge in [-0.1, -0.05) is 38.5 Å². The maximum atomic E-state index is 11.3. The van der Waals surface area contributed by atoms with Crippen LogP contribution in [0.1, 0.15) is 31.9 Å². The first kappa shape index (κ1) is 21.1. The van der Waals surface area contributed by atoms with E-state index < -0.39 is 0 Å². The lowest BCUT2D eigenvalue weighted by Gasteiger charge is -2.38. The van der Waals surface area contributed by atoms with Gasteiger partial charge in [0.15, 0.2) is 0 Å². The summed E-state index contributed by atoms with van der Waals surface area (Å²) in [6, 6.07) is 7.31. The van der Waals surface area contributed by atoms with E-state index in [1.54, 1.807) is 12.1 Å². The molecule has 1 saturated heterocycles. The van der Waals surface area contributed by atoms with E-state index in [9.17, 15) is 10.1 Å². The van der Waals surface area contributed by atoms with E-state index in [1.807, 2.05) is 12.1 Å². The second-order valence-corrected chi connectivity index (χ2v) is 5.43. The quantitative estimate of drug-likeness (QED) is 0.653. The first-order chi connectivity index (χ1) is 9.65. The Morgan fingerprint density at radius 1 is 1.27 bits per heavy atom. The van der Waals surface area contributed by atoms with Crippen LogP contribution in [0, 0.1) is 16.0 Å². The van der Waals surface area contributed by atoms with Gasteiger partial charge in [-0.25, -0.2) is 0 Å². The zero-order valence-electron chi connectivity index (χ0n) is 13.0. The summed E-state index contributed by atoms with van der Waals surface area (Å²) in [7, 11) is 0. The summed E-state index contributed by atoms with van der Waals surface area (Å²) >= 11 is 0. The summed E-state index contributed by atoms with van der Waals surface area (Å²) in [5.74, 6) is 0.397. The van der Waals surface area contributed by atoms with Gasteiger partial charge in [-0.3, -0.25) is 15.0 Å². The fraction of sp³-hybridized carbons (Fsp3) is 0.600. The second kappa shape index (κ2) is 10.0. The van der Waals surface area contributed by atoms with Crippen molar-refractivity contribution in [3.05, 3.63) is 39.9 Å². The van der Waals surface area contributed by atoms with Crippen molar-refractivity contribution in [2.24, 2.45) is 5.92 Å². The number of nitrogens with one attached hydrogen (secondary N) is 1. The van der Waals surface area contributed by atoms with E-state index >= 15 is 0 Å². The highest BCUT2D eigenvalue weighted by Gasteiger charge is 2.31. The van der Waals surface area contributed by atoms with Gasteiger partial charge in [0.25, 0.3) is 5.69 Å². The second-order valence-electron chi connectivity index (χ2n) is 5.43. The average molecular weight is 350 g/mol. The normalized spacial score (nSPS) is 17.7. The lowest BCUT2D eigenvalue weighted by Crippen LogP contribution is -2.46. The molecule has 0 aromatic heterocycles. The molecule has 0 bridgehead atoms. The molecule has 0 aliphatic carbocycles. The summed E-state index contributed by atoms with van der Waals surface area (Å²) in [5.41, 5.74) is 1.10. The fourth-order valence-corrected chi connectivity index (χ4v) is 2.95. The predicted octanol–water partition coefficient (Wildman–Crippen LogP) is 3.43. The summed E-state index contributed by atoms with van der Waals surface area (Å²) < 4.78 is 0. The van der Waals surface area contributed by atoms with Crippen LogP contribution in [0.2, 0.25) is 0 Å². The molecular weight excluding hydrogens is 325 g/mol. The zero-order chi connectivity index (χ0) is 14.5. The zero-order valence-corrected chi connectivity index (χ0v) is 14.7. The van der Waals surface area contributed by atoms with Crippen LogP contribution in [0.15, 0.2) is 24.3 Å². The van der Waals surface area contributed by atoms with E-state index in [-0.39, 0.29) is 41.5 Å². The van der Waals surface area contributed by atoms with Crippen LogP contribution in [-0.2, 0) is 0 Å². The van der Waals surface area contributed by atoms with Crippen molar-refractivity contribution in [2.45, 2.75) is 26.3 Å². The number of hydrogen-bond donors (Lipinski definition) is 1. The van der Waals surface area contributed by atoms with Gasteiger partial charge in [-0.2, -0.15) is 0 Å². The minimum atomic E-state index is -0.257. The van der Waals surface area contributed by atoms with E-state index in [4.69, 9.17) is 0 Å². The molecule has 1 heterocycles. The Morgan fingerprint density at radius 2 is 1.86 bits per heavy atom. The summed E-state index contributed by atoms with van der Waals surface area (Å²) in [6.07, 6.45) is 1.01. The Balaban J connectivity index is 0.00000220. The Morgan fingerprint density at radius 3 is 2.41 bits per heavy atom. The number of para-hydroxylation sites is 1. The van der Waals surface area contributed by atoms with Crippen molar-refractivity contribution in [3.8, 4) is 0 Å². The average Bonchev–Trinajstić information content (AvgIpc) is 2.48. The smallest absolute Gasteiger partial charge is 0.274 e. The number of benzene rings is 1. The topological polar surface area (TPSA) is 58.4 Å². The van der Waals surface area contributed by atoms with E-state index in [0.29, 0.717) is 5.92 Å². The first-order valence-electron chi connectivity index (χ1n) is 7.33. The minimum absolute atomic E-state index is 0. The van der Waals surface area contributed by atoms with E-state index in [2.05, 4.69) is 24.1 Å². The number of nitrogens with zero attached hydrogens (tertiary/aromatic N) is 2. The van der Waals surface area contributed by atoms with E-state index in [1.165, 1.54) is 0 Å². The van der Waals surface area contributed by atoms with Gasteiger partial charge in [0, 0.05) is 43.9 Å². The van der Waals surface area contributed by atoms with Crippen LogP contribution in [0.3, 0.4) is 0 Å². The van der Waals surface area contributed by atoms with Crippen molar-refractivity contribution >= 4 is 30.5 Å². The Hall–Kier alpha value is -0.880. The van der Waals surface area contributed by atoms with Crippen LogP contribution >= 0.6 is 24.8 Å². The van der Waals surface area contributed by atoms with Gasteiger partial charge in [-0.15, -0.1) is 24.8 Å².